The van der Waals surface area contributed by atoms with Gasteiger partial charge < -0.3 is 0 Å². The first-order valence-electron chi connectivity index (χ1n) is 5.20. The van der Waals surface area contributed by atoms with Gasteiger partial charge in [-0.25, -0.2) is 0 Å². The maximum absolute atomic E-state index is 4.59. The number of fused-ring (bicyclic) bond motifs is 1. The third kappa shape index (κ3) is 1.97. The number of thioether (sulfide) groups is 2. The van der Waals surface area contributed by atoms with Gasteiger partial charge in [-0.3, -0.25) is 4.99 Å². The molecule has 3 rings (SSSR count). The zero-order valence-electron chi connectivity index (χ0n) is 8.72. The van der Waals surface area contributed by atoms with Gasteiger partial charge in [0.15, 0.2) is 0 Å². The topological polar surface area (TPSA) is 12.4 Å². The molecular formula is C13H11NS2. The van der Waals surface area contributed by atoms with Crippen molar-refractivity contribution in [1.82, 2.24) is 0 Å². The molecule has 0 bridgehead atoms. The van der Waals surface area contributed by atoms with E-state index in [0.29, 0.717) is 0 Å². The molecule has 0 unspecified atom stereocenters. The van der Waals surface area contributed by atoms with E-state index in [4.69, 9.17) is 0 Å². The van der Waals surface area contributed by atoms with E-state index in [1.165, 1.54) is 20.7 Å². The van der Waals surface area contributed by atoms with Gasteiger partial charge in [0.1, 0.15) is 4.38 Å². The third-order valence-electron chi connectivity index (χ3n) is 2.62. The summed E-state index contributed by atoms with van der Waals surface area (Å²) < 4.78 is 1.23. The number of benzene rings is 2. The minimum absolute atomic E-state index is 0.802. The van der Waals surface area contributed by atoms with Gasteiger partial charge in [0.05, 0.1) is 11.6 Å². The van der Waals surface area contributed by atoms with Crippen molar-refractivity contribution in [3.63, 3.8) is 0 Å². The average molecular weight is 245 g/mol. The standard InChI is InChI=1S/C13H11NS2/c1-2-7-12-10(4-1)5-3-6-11(12)8-14-13-15-9-16-13/h1-7H,8-9H2. The number of nitrogens with zero attached hydrogens (tertiary/aromatic N) is 1. The van der Waals surface area contributed by atoms with E-state index < -0.39 is 0 Å². The highest BCUT2D eigenvalue weighted by Crippen LogP contribution is 2.33. The van der Waals surface area contributed by atoms with E-state index >= 15 is 0 Å². The molecule has 16 heavy (non-hydrogen) atoms. The molecule has 0 atom stereocenters. The molecule has 3 heteroatoms. The molecule has 0 saturated carbocycles. The van der Waals surface area contributed by atoms with Crippen molar-refractivity contribution in [3.05, 3.63) is 48.0 Å². The molecule has 1 nitrogen and oxygen atoms in total. The van der Waals surface area contributed by atoms with Gasteiger partial charge in [0.25, 0.3) is 0 Å². The SMILES string of the molecule is c1ccc2c(CN=C3SCS3)cccc2c1. The summed E-state index contributed by atoms with van der Waals surface area (Å²) in [5.74, 6) is 0. The molecule has 0 aliphatic carbocycles. The number of rotatable bonds is 2. The Labute approximate surface area is 103 Å². The summed E-state index contributed by atoms with van der Waals surface area (Å²) >= 11 is 3.69. The van der Waals surface area contributed by atoms with Gasteiger partial charge in [-0.15, -0.1) is 0 Å². The van der Waals surface area contributed by atoms with Crippen LogP contribution in [0, 0.1) is 0 Å². The fourth-order valence-corrected chi connectivity index (χ4v) is 2.99. The van der Waals surface area contributed by atoms with Crippen molar-refractivity contribution < 1.29 is 0 Å². The van der Waals surface area contributed by atoms with Gasteiger partial charge in [-0.1, -0.05) is 66.0 Å². The zero-order chi connectivity index (χ0) is 10.8. The van der Waals surface area contributed by atoms with Gasteiger partial charge in [-0.05, 0) is 16.3 Å². The molecule has 0 amide bonds. The number of hydrogen-bond acceptors (Lipinski definition) is 3. The summed E-state index contributed by atoms with van der Waals surface area (Å²) in [6, 6.07) is 14.9. The van der Waals surface area contributed by atoms with Crippen LogP contribution in [0.3, 0.4) is 0 Å². The molecule has 0 aromatic heterocycles. The zero-order valence-corrected chi connectivity index (χ0v) is 10.4. The highest BCUT2D eigenvalue weighted by Gasteiger charge is 2.11. The van der Waals surface area contributed by atoms with Crippen LogP contribution in [-0.2, 0) is 6.54 Å². The highest BCUT2D eigenvalue weighted by molar-refractivity contribution is 8.52. The van der Waals surface area contributed by atoms with Gasteiger partial charge >= 0.3 is 0 Å². The van der Waals surface area contributed by atoms with Crippen molar-refractivity contribution in [2.24, 2.45) is 4.99 Å². The fourth-order valence-electron chi connectivity index (χ4n) is 1.78. The van der Waals surface area contributed by atoms with Crippen LogP contribution in [0.1, 0.15) is 5.56 Å². The highest BCUT2D eigenvalue weighted by atomic mass is 32.3. The van der Waals surface area contributed by atoms with Crippen LogP contribution in [0.2, 0.25) is 0 Å². The molecule has 0 spiro atoms. The lowest BCUT2D eigenvalue weighted by molar-refractivity contribution is 1.09. The van der Waals surface area contributed by atoms with E-state index in [2.05, 4.69) is 47.5 Å². The first-order valence-corrected chi connectivity index (χ1v) is 7.17. The first-order chi connectivity index (χ1) is 7.93. The number of hydrogen-bond donors (Lipinski definition) is 0. The minimum Gasteiger partial charge on any atom is -0.267 e. The minimum atomic E-state index is 0.802. The lowest BCUT2D eigenvalue weighted by Crippen LogP contribution is -1.99. The Kier molecular flexibility index (Phi) is 2.89. The predicted molar refractivity (Wildman–Crippen MR) is 75.1 cm³/mol. The van der Waals surface area contributed by atoms with Crippen LogP contribution in [0.15, 0.2) is 47.5 Å². The second kappa shape index (κ2) is 4.52. The van der Waals surface area contributed by atoms with Crippen LogP contribution in [0.4, 0.5) is 0 Å². The van der Waals surface area contributed by atoms with Crippen molar-refractivity contribution in [3.8, 4) is 0 Å². The summed E-state index contributed by atoms with van der Waals surface area (Å²) in [5, 5.41) is 3.78. The van der Waals surface area contributed by atoms with Crippen molar-refractivity contribution in [2.75, 3.05) is 5.08 Å². The molecular weight excluding hydrogens is 234 g/mol. The summed E-state index contributed by atoms with van der Waals surface area (Å²) in [6.45, 7) is 0.802. The molecule has 0 radical (unpaired) electrons. The quantitative estimate of drug-likeness (QED) is 0.788. The molecule has 1 fully saturated rings. The molecule has 1 saturated heterocycles. The smallest absolute Gasteiger partial charge is 0.126 e. The molecule has 2 aromatic rings. The molecule has 1 heterocycles. The normalized spacial score (nSPS) is 14.9. The lowest BCUT2D eigenvalue weighted by atomic mass is 10.1. The second-order valence-corrected chi connectivity index (χ2v) is 6.18. The van der Waals surface area contributed by atoms with E-state index in [0.717, 1.165) is 11.6 Å². The van der Waals surface area contributed by atoms with Crippen molar-refractivity contribution in [1.29, 1.82) is 0 Å². The fraction of sp³-hybridized carbons (Fsp3) is 0.154. The second-order valence-electron chi connectivity index (χ2n) is 3.63. The predicted octanol–water partition coefficient (Wildman–Crippen LogP) is 4.13. The lowest BCUT2D eigenvalue weighted by Gasteiger charge is -2.13. The van der Waals surface area contributed by atoms with Crippen LogP contribution in [-0.4, -0.2) is 9.46 Å². The monoisotopic (exact) mass is 245 g/mol. The average Bonchev–Trinajstić information content (AvgIpc) is 2.27. The summed E-state index contributed by atoms with van der Waals surface area (Å²) in [7, 11) is 0. The largest absolute Gasteiger partial charge is 0.267 e. The Hall–Kier alpha value is -0.930. The third-order valence-corrected chi connectivity index (χ3v) is 5.03. The Bertz CT molecular complexity index is 537. The maximum Gasteiger partial charge on any atom is 0.126 e. The molecule has 80 valence electrons. The molecule has 1 aliphatic heterocycles. The summed E-state index contributed by atoms with van der Waals surface area (Å²) in [4.78, 5) is 4.59. The summed E-state index contributed by atoms with van der Waals surface area (Å²) in [5.41, 5.74) is 1.32. The number of aliphatic imine (C=N–C) groups is 1. The molecule has 0 N–H and O–H groups in total. The summed E-state index contributed by atoms with van der Waals surface area (Å²) in [6.07, 6.45) is 0. The van der Waals surface area contributed by atoms with Crippen molar-refractivity contribution >= 4 is 38.7 Å². The Morgan fingerprint density at radius 1 is 1.00 bits per heavy atom. The first kappa shape index (κ1) is 10.2. The molecule has 1 aliphatic rings. The van der Waals surface area contributed by atoms with E-state index in [1.54, 1.807) is 0 Å². The van der Waals surface area contributed by atoms with Crippen LogP contribution >= 0.6 is 23.5 Å². The Morgan fingerprint density at radius 2 is 1.81 bits per heavy atom. The maximum atomic E-state index is 4.59. The Morgan fingerprint density at radius 3 is 2.62 bits per heavy atom. The van der Waals surface area contributed by atoms with E-state index in [-0.39, 0.29) is 0 Å². The van der Waals surface area contributed by atoms with Crippen LogP contribution < -0.4 is 0 Å². The van der Waals surface area contributed by atoms with Gasteiger partial charge in [0, 0.05) is 0 Å². The molecule has 2 aromatic carbocycles. The van der Waals surface area contributed by atoms with Crippen LogP contribution in [0.5, 0.6) is 0 Å². The van der Waals surface area contributed by atoms with Crippen LogP contribution in [0.25, 0.3) is 10.8 Å². The Balaban J connectivity index is 1.96. The van der Waals surface area contributed by atoms with Gasteiger partial charge in [0.2, 0.25) is 0 Å². The van der Waals surface area contributed by atoms with Crippen molar-refractivity contribution in [2.45, 2.75) is 6.54 Å². The van der Waals surface area contributed by atoms with E-state index in [1.807, 2.05) is 23.5 Å². The van der Waals surface area contributed by atoms with Gasteiger partial charge in [-0.2, -0.15) is 0 Å². The van der Waals surface area contributed by atoms with E-state index in [9.17, 15) is 0 Å².